The Balaban J connectivity index is 2.22. The average molecular weight is 251 g/mol. The molecule has 0 unspecified atom stereocenters. The standard InChI is InChI=1S/C12H11ClN2O2/c1-16-12-7-9(4-5-15-12)17-8-2-3-11(14)10(13)6-8/h2-7H,14H2,1H3. The van der Waals surface area contributed by atoms with Gasteiger partial charge in [0.05, 0.1) is 17.8 Å². The molecule has 0 bridgehead atoms. The van der Waals surface area contributed by atoms with Gasteiger partial charge in [-0.3, -0.25) is 0 Å². The summed E-state index contributed by atoms with van der Waals surface area (Å²) in [5.41, 5.74) is 6.13. The molecule has 1 aromatic carbocycles. The second-order valence-corrected chi connectivity index (χ2v) is 3.73. The fraction of sp³-hybridized carbons (Fsp3) is 0.0833. The Hall–Kier alpha value is -1.94. The summed E-state index contributed by atoms with van der Waals surface area (Å²) in [5.74, 6) is 1.72. The van der Waals surface area contributed by atoms with E-state index in [-0.39, 0.29) is 0 Å². The molecule has 0 amide bonds. The summed E-state index contributed by atoms with van der Waals surface area (Å²) in [7, 11) is 1.55. The first kappa shape index (κ1) is 11.5. The number of anilines is 1. The Morgan fingerprint density at radius 3 is 2.65 bits per heavy atom. The number of nitrogens with two attached hydrogens (primary N) is 1. The number of methoxy groups -OCH3 is 1. The summed E-state index contributed by atoms with van der Waals surface area (Å²) in [6.45, 7) is 0. The molecular formula is C12H11ClN2O2. The van der Waals surface area contributed by atoms with E-state index >= 15 is 0 Å². The second-order valence-electron chi connectivity index (χ2n) is 3.32. The van der Waals surface area contributed by atoms with Gasteiger partial charge >= 0.3 is 0 Å². The third-order valence-corrected chi connectivity index (χ3v) is 2.45. The average Bonchev–Trinajstić information content (AvgIpc) is 2.34. The monoisotopic (exact) mass is 250 g/mol. The molecule has 1 aromatic heterocycles. The summed E-state index contributed by atoms with van der Waals surface area (Å²) in [5, 5.41) is 0.462. The van der Waals surface area contributed by atoms with Crippen molar-refractivity contribution in [1.82, 2.24) is 4.98 Å². The molecule has 17 heavy (non-hydrogen) atoms. The van der Waals surface area contributed by atoms with Gasteiger partial charge in [-0.25, -0.2) is 4.98 Å². The number of benzene rings is 1. The smallest absolute Gasteiger partial charge is 0.216 e. The van der Waals surface area contributed by atoms with Gasteiger partial charge in [-0.1, -0.05) is 11.6 Å². The van der Waals surface area contributed by atoms with Crippen LogP contribution in [0.4, 0.5) is 5.69 Å². The maximum absolute atomic E-state index is 5.90. The zero-order valence-electron chi connectivity index (χ0n) is 9.18. The lowest BCUT2D eigenvalue weighted by molar-refractivity contribution is 0.392. The van der Waals surface area contributed by atoms with Crippen LogP contribution in [0.2, 0.25) is 5.02 Å². The van der Waals surface area contributed by atoms with Crippen molar-refractivity contribution in [2.45, 2.75) is 0 Å². The number of pyridine rings is 1. The summed E-state index contributed by atoms with van der Waals surface area (Å²) in [6, 6.07) is 8.51. The zero-order valence-corrected chi connectivity index (χ0v) is 9.94. The molecule has 4 nitrogen and oxygen atoms in total. The Morgan fingerprint density at radius 1 is 1.18 bits per heavy atom. The van der Waals surface area contributed by atoms with Gasteiger partial charge in [0, 0.05) is 18.3 Å². The number of aromatic nitrogens is 1. The van der Waals surface area contributed by atoms with Crippen LogP contribution >= 0.6 is 11.6 Å². The third-order valence-electron chi connectivity index (χ3n) is 2.12. The minimum Gasteiger partial charge on any atom is -0.481 e. The van der Waals surface area contributed by atoms with Crippen molar-refractivity contribution >= 4 is 17.3 Å². The Morgan fingerprint density at radius 2 is 1.94 bits per heavy atom. The van der Waals surface area contributed by atoms with E-state index in [9.17, 15) is 0 Å². The predicted molar refractivity (Wildman–Crippen MR) is 66.7 cm³/mol. The van der Waals surface area contributed by atoms with Crippen molar-refractivity contribution in [3.63, 3.8) is 0 Å². The van der Waals surface area contributed by atoms with E-state index in [1.807, 2.05) is 0 Å². The first-order chi connectivity index (χ1) is 8.19. The van der Waals surface area contributed by atoms with Crippen molar-refractivity contribution in [1.29, 1.82) is 0 Å². The van der Waals surface area contributed by atoms with Crippen molar-refractivity contribution in [2.24, 2.45) is 0 Å². The highest BCUT2D eigenvalue weighted by Gasteiger charge is 2.02. The van der Waals surface area contributed by atoms with Gasteiger partial charge in [0.25, 0.3) is 0 Å². The molecular weight excluding hydrogens is 240 g/mol. The molecule has 0 aliphatic carbocycles. The number of halogens is 1. The SMILES string of the molecule is COc1cc(Oc2ccc(N)c(Cl)c2)ccn1. The number of hydrogen-bond donors (Lipinski definition) is 1. The predicted octanol–water partition coefficient (Wildman–Crippen LogP) is 3.12. The van der Waals surface area contributed by atoms with Gasteiger partial charge in [-0.15, -0.1) is 0 Å². The summed E-state index contributed by atoms with van der Waals surface area (Å²) >= 11 is 5.90. The quantitative estimate of drug-likeness (QED) is 0.851. The Labute approximate surface area is 104 Å². The first-order valence-electron chi connectivity index (χ1n) is 4.92. The molecule has 2 N–H and O–H groups in total. The van der Waals surface area contributed by atoms with E-state index in [2.05, 4.69) is 4.98 Å². The molecule has 0 saturated carbocycles. The molecule has 0 aliphatic rings. The lowest BCUT2D eigenvalue weighted by Crippen LogP contribution is -1.90. The fourth-order valence-corrected chi connectivity index (χ4v) is 1.44. The molecule has 0 spiro atoms. The van der Waals surface area contributed by atoms with Gasteiger partial charge in [0.15, 0.2) is 0 Å². The molecule has 0 saturated heterocycles. The van der Waals surface area contributed by atoms with Gasteiger partial charge in [0.1, 0.15) is 11.5 Å². The van der Waals surface area contributed by atoms with E-state index in [4.69, 9.17) is 26.8 Å². The van der Waals surface area contributed by atoms with Gasteiger partial charge in [-0.05, 0) is 18.2 Å². The molecule has 0 atom stereocenters. The van der Waals surface area contributed by atoms with E-state index in [1.54, 1.807) is 43.6 Å². The van der Waals surface area contributed by atoms with Crippen molar-refractivity contribution in [3.8, 4) is 17.4 Å². The fourth-order valence-electron chi connectivity index (χ4n) is 1.27. The highest BCUT2D eigenvalue weighted by molar-refractivity contribution is 6.33. The molecule has 5 heteroatoms. The summed E-state index contributed by atoms with van der Waals surface area (Å²) in [6.07, 6.45) is 1.60. The highest BCUT2D eigenvalue weighted by atomic mass is 35.5. The van der Waals surface area contributed by atoms with Crippen LogP contribution in [0.5, 0.6) is 17.4 Å². The largest absolute Gasteiger partial charge is 0.481 e. The maximum Gasteiger partial charge on any atom is 0.216 e. The zero-order chi connectivity index (χ0) is 12.3. The molecule has 0 aliphatic heterocycles. The lowest BCUT2D eigenvalue weighted by Gasteiger charge is -2.07. The highest BCUT2D eigenvalue weighted by Crippen LogP contribution is 2.28. The van der Waals surface area contributed by atoms with E-state index < -0.39 is 0 Å². The minimum absolute atomic E-state index is 0.462. The van der Waals surface area contributed by atoms with Crippen LogP contribution in [0, 0.1) is 0 Å². The first-order valence-corrected chi connectivity index (χ1v) is 5.30. The van der Waals surface area contributed by atoms with E-state index in [1.165, 1.54) is 0 Å². The van der Waals surface area contributed by atoms with Crippen molar-refractivity contribution in [3.05, 3.63) is 41.6 Å². The second kappa shape index (κ2) is 4.93. The minimum atomic E-state index is 0.462. The van der Waals surface area contributed by atoms with Crippen molar-refractivity contribution in [2.75, 3.05) is 12.8 Å². The van der Waals surface area contributed by atoms with Crippen LogP contribution in [-0.2, 0) is 0 Å². The van der Waals surface area contributed by atoms with Crippen LogP contribution in [0.1, 0.15) is 0 Å². The molecule has 0 radical (unpaired) electrons. The van der Waals surface area contributed by atoms with E-state index in [0.29, 0.717) is 28.1 Å². The number of nitrogen functional groups attached to an aromatic ring is 1. The molecule has 1 heterocycles. The van der Waals surface area contributed by atoms with E-state index in [0.717, 1.165) is 0 Å². The Bertz CT molecular complexity index is 532. The summed E-state index contributed by atoms with van der Waals surface area (Å²) in [4.78, 5) is 3.98. The molecule has 0 fully saturated rings. The Kier molecular flexibility index (Phi) is 3.35. The van der Waals surface area contributed by atoms with Crippen molar-refractivity contribution < 1.29 is 9.47 Å². The molecule has 88 valence electrons. The lowest BCUT2D eigenvalue weighted by atomic mass is 10.3. The maximum atomic E-state index is 5.90. The summed E-state index contributed by atoms with van der Waals surface area (Å²) < 4.78 is 10.6. The van der Waals surface area contributed by atoms with Gasteiger partial charge in [0.2, 0.25) is 5.88 Å². The van der Waals surface area contributed by atoms with Crippen LogP contribution in [0.3, 0.4) is 0 Å². The number of rotatable bonds is 3. The normalized spacial score (nSPS) is 10.0. The number of ether oxygens (including phenoxy) is 2. The molecule has 2 rings (SSSR count). The third kappa shape index (κ3) is 2.79. The molecule has 2 aromatic rings. The number of nitrogens with zero attached hydrogens (tertiary/aromatic N) is 1. The van der Waals surface area contributed by atoms with Gasteiger partial charge in [-0.2, -0.15) is 0 Å². The number of hydrogen-bond acceptors (Lipinski definition) is 4. The van der Waals surface area contributed by atoms with Crippen LogP contribution in [0.15, 0.2) is 36.5 Å². The van der Waals surface area contributed by atoms with Crippen LogP contribution < -0.4 is 15.2 Å². The van der Waals surface area contributed by atoms with Crippen LogP contribution in [-0.4, -0.2) is 12.1 Å². The topological polar surface area (TPSA) is 57.4 Å². The van der Waals surface area contributed by atoms with Crippen LogP contribution in [0.25, 0.3) is 0 Å². The van der Waals surface area contributed by atoms with Gasteiger partial charge < -0.3 is 15.2 Å².